The second-order valence-electron chi connectivity index (χ2n) is 8.69. The largest absolute Gasteiger partial charge is 0.465 e. The molecule has 0 amide bonds. The highest BCUT2D eigenvalue weighted by atomic mass is 35.5. The first-order chi connectivity index (χ1) is 17.9. The zero-order chi connectivity index (χ0) is 27.7. The molecule has 3 aromatic rings. The van der Waals surface area contributed by atoms with Crippen LogP contribution in [0.2, 0.25) is 5.02 Å². The molecule has 0 spiro atoms. The number of ether oxygens (including phenoxy) is 1. The molecule has 0 saturated heterocycles. The average molecular weight is 588 g/mol. The number of carbonyl (C=O) groups excluding carboxylic acids is 1. The molecule has 4 rings (SSSR count). The molecule has 0 bridgehead atoms. The molecule has 204 valence electrons. The van der Waals surface area contributed by atoms with E-state index in [1.54, 1.807) is 31.2 Å². The van der Waals surface area contributed by atoms with E-state index in [2.05, 4.69) is 5.10 Å². The van der Waals surface area contributed by atoms with Crippen LogP contribution in [-0.4, -0.2) is 42.1 Å². The predicted octanol–water partition coefficient (Wildman–Crippen LogP) is 5.97. The molecule has 1 aromatic heterocycles. The molecule has 0 fully saturated rings. The van der Waals surface area contributed by atoms with Crippen LogP contribution in [0.25, 0.3) is 0 Å². The predicted molar refractivity (Wildman–Crippen MR) is 137 cm³/mol. The SMILES string of the molecule is CCOC(=O)Cn1ncc2c1CCC[C@H]2N(C)S(=O)(=O)c1cc(Sc2ccc(Cl)cc2)cc(C(F)(F)F)c1. The molecular weight excluding hydrogens is 563 g/mol. The van der Waals surface area contributed by atoms with E-state index < -0.39 is 38.7 Å². The van der Waals surface area contributed by atoms with Crippen LogP contribution in [0.4, 0.5) is 13.2 Å². The second-order valence-corrected chi connectivity index (χ2v) is 12.3. The molecule has 0 aliphatic heterocycles. The number of benzene rings is 2. The highest BCUT2D eigenvalue weighted by Crippen LogP contribution is 2.40. The van der Waals surface area contributed by atoms with Crippen molar-refractivity contribution in [2.45, 2.75) is 59.6 Å². The number of sulfonamides is 1. The van der Waals surface area contributed by atoms with Crippen LogP contribution >= 0.6 is 23.4 Å². The van der Waals surface area contributed by atoms with Gasteiger partial charge in [0.15, 0.2) is 0 Å². The topological polar surface area (TPSA) is 81.5 Å². The fourth-order valence-electron chi connectivity index (χ4n) is 4.35. The molecule has 0 unspecified atom stereocenters. The molecule has 7 nitrogen and oxygen atoms in total. The van der Waals surface area contributed by atoms with E-state index in [9.17, 15) is 26.4 Å². The van der Waals surface area contributed by atoms with Crippen molar-refractivity contribution < 1.29 is 31.1 Å². The number of halogens is 4. The molecule has 13 heteroatoms. The average Bonchev–Trinajstić information content (AvgIpc) is 3.27. The number of esters is 1. The lowest BCUT2D eigenvalue weighted by Gasteiger charge is -2.31. The van der Waals surface area contributed by atoms with Crippen LogP contribution in [-0.2, 0) is 38.7 Å². The first-order valence-electron chi connectivity index (χ1n) is 11.7. The van der Waals surface area contributed by atoms with Gasteiger partial charge in [0.05, 0.1) is 29.3 Å². The monoisotopic (exact) mass is 587 g/mol. The number of nitrogens with zero attached hydrogens (tertiary/aromatic N) is 3. The summed E-state index contributed by atoms with van der Waals surface area (Å²) in [5.74, 6) is -0.462. The van der Waals surface area contributed by atoms with Crippen LogP contribution in [0.5, 0.6) is 0 Å². The van der Waals surface area contributed by atoms with Gasteiger partial charge in [-0.2, -0.15) is 22.6 Å². The molecule has 1 aliphatic carbocycles. The summed E-state index contributed by atoms with van der Waals surface area (Å²) in [4.78, 5) is 12.2. The third kappa shape index (κ3) is 6.19. The lowest BCUT2D eigenvalue weighted by molar-refractivity contribution is -0.144. The Morgan fingerprint density at radius 3 is 2.58 bits per heavy atom. The van der Waals surface area contributed by atoms with Gasteiger partial charge in [0, 0.05) is 33.1 Å². The summed E-state index contributed by atoms with van der Waals surface area (Å²) in [7, 11) is -2.99. The van der Waals surface area contributed by atoms with Gasteiger partial charge >= 0.3 is 12.1 Å². The molecule has 0 N–H and O–H groups in total. The van der Waals surface area contributed by atoms with Gasteiger partial charge in [-0.25, -0.2) is 8.42 Å². The Balaban J connectivity index is 1.68. The molecule has 0 radical (unpaired) electrons. The number of alkyl halides is 3. The maximum atomic E-state index is 13.8. The number of carbonyl (C=O) groups is 1. The Morgan fingerprint density at radius 1 is 1.21 bits per heavy atom. The summed E-state index contributed by atoms with van der Waals surface area (Å²) in [6.45, 7) is 1.81. The van der Waals surface area contributed by atoms with Gasteiger partial charge in [0.25, 0.3) is 0 Å². The van der Waals surface area contributed by atoms with Crippen LogP contribution in [0, 0.1) is 0 Å². The number of aromatic nitrogens is 2. The molecule has 1 atom stereocenters. The van der Waals surface area contributed by atoms with Gasteiger partial charge in [0.1, 0.15) is 6.54 Å². The zero-order valence-corrected chi connectivity index (χ0v) is 22.9. The minimum absolute atomic E-state index is 0.106. The molecule has 2 aromatic carbocycles. The summed E-state index contributed by atoms with van der Waals surface area (Å²) >= 11 is 6.90. The van der Waals surface area contributed by atoms with E-state index >= 15 is 0 Å². The van der Waals surface area contributed by atoms with Gasteiger partial charge in [-0.05, 0) is 68.7 Å². The number of fused-ring (bicyclic) bond motifs is 1. The Kier molecular flexibility index (Phi) is 8.46. The normalized spacial score (nSPS) is 15.9. The van der Waals surface area contributed by atoms with E-state index in [1.807, 2.05) is 0 Å². The van der Waals surface area contributed by atoms with E-state index in [-0.39, 0.29) is 18.0 Å². The summed E-state index contributed by atoms with van der Waals surface area (Å²) in [6, 6.07) is 8.67. The molecule has 38 heavy (non-hydrogen) atoms. The first kappa shape index (κ1) is 28.5. The Labute approximate surface area is 228 Å². The first-order valence-corrected chi connectivity index (χ1v) is 14.4. The maximum absolute atomic E-state index is 13.8. The summed E-state index contributed by atoms with van der Waals surface area (Å²) in [5, 5.41) is 4.73. The van der Waals surface area contributed by atoms with Crippen molar-refractivity contribution in [3.63, 3.8) is 0 Å². The number of rotatable bonds is 8. The van der Waals surface area contributed by atoms with Gasteiger partial charge in [0.2, 0.25) is 10.0 Å². The Morgan fingerprint density at radius 2 is 1.92 bits per heavy atom. The molecule has 1 aliphatic rings. The van der Waals surface area contributed by atoms with E-state index in [0.717, 1.165) is 22.1 Å². The minimum Gasteiger partial charge on any atom is -0.465 e. The van der Waals surface area contributed by atoms with Crippen molar-refractivity contribution in [2.24, 2.45) is 0 Å². The fourth-order valence-corrected chi connectivity index (χ4v) is 6.91. The van der Waals surface area contributed by atoms with Crippen molar-refractivity contribution in [2.75, 3.05) is 13.7 Å². The summed E-state index contributed by atoms with van der Waals surface area (Å²) in [5.41, 5.74) is 0.267. The third-order valence-corrected chi connectivity index (χ3v) is 9.26. The summed E-state index contributed by atoms with van der Waals surface area (Å²) < 4.78 is 76.2. The highest BCUT2D eigenvalue weighted by Gasteiger charge is 2.37. The van der Waals surface area contributed by atoms with E-state index in [1.165, 1.54) is 24.0 Å². The van der Waals surface area contributed by atoms with Crippen molar-refractivity contribution >= 4 is 39.4 Å². The van der Waals surface area contributed by atoms with Gasteiger partial charge in [-0.15, -0.1) is 0 Å². The fraction of sp³-hybridized carbons (Fsp3) is 0.360. The lowest BCUT2D eigenvalue weighted by atomic mass is 9.93. The smallest absolute Gasteiger partial charge is 0.416 e. The van der Waals surface area contributed by atoms with Crippen molar-refractivity contribution in [1.29, 1.82) is 0 Å². The zero-order valence-electron chi connectivity index (χ0n) is 20.5. The second kappa shape index (κ2) is 11.3. The maximum Gasteiger partial charge on any atom is 0.416 e. The van der Waals surface area contributed by atoms with Crippen LogP contribution in [0.1, 0.15) is 42.6 Å². The summed E-state index contributed by atoms with van der Waals surface area (Å²) in [6.07, 6.45) is -1.57. The van der Waals surface area contributed by atoms with Gasteiger partial charge in [-0.3, -0.25) is 9.48 Å². The Bertz CT molecular complexity index is 1430. The van der Waals surface area contributed by atoms with Gasteiger partial charge < -0.3 is 4.74 Å². The molecule has 0 saturated carbocycles. The van der Waals surface area contributed by atoms with Gasteiger partial charge in [-0.1, -0.05) is 23.4 Å². The highest BCUT2D eigenvalue weighted by molar-refractivity contribution is 7.99. The number of hydrogen-bond acceptors (Lipinski definition) is 6. The lowest BCUT2D eigenvalue weighted by Crippen LogP contribution is -2.33. The Hall–Kier alpha value is -2.54. The van der Waals surface area contributed by atoms with Crippen LogP contribution in [0.15, 0.2) is 63.3 Å². The molecular formula is C25H25ClF3N3O4S2. The quantitative estimate of drug-likeness (QED) is 0.302. The van der Waals surface area contributed by atoms with E-state index in [4.69, 9.17) is 16.3 Å². The van der Waals surface area contributed by atoms with E-state index in [0.29, 0.717) is 46.5 Å². The molecule has 1 heterocycles. The van der Waals surface area contributed by atoms with Crippen molar-refractivity contribution in [1.82, 2.24) is 14.1 Å². The van der Waals surface area contributed by atoms with Crippen LogP contribution < -0.4 is 0 Å². The van der Waals surface area contributed by atoms with Crippen LogP contribution in [0.3, 0.4) is 0 Å². The number of hydrogen-bond donors (Lipinski definition) is 0. The van der Waals surface area contributed by atoms with Crippen molar-refractivity contribution in [3.05, 3.63) is 70.5 Å². The van der Waals surface area contributed by atoms with Crippen molar-refractivity contribution in [3.8, 4) is 0 Å². The minimum atomic E-state index is -4.74. The third-order valence-electron chi connectivity index (χ3n) is 6.19. The standard InChI is InChI=1S/C25H25ClF3N3O4S2/c1-3-36-24(33)15-32-23-6-4-5-22(21(23)14-30-32)31(2)38(34,35)20-12-16(25(27,28)29)11-19(13-20)37-18-9-7-17(26)8-10-18/h7-14,22H,3-6,15H2,1-2H3/t22-/m1/s1.